The maximum Gasteiger partial charge on any atom is 0.225 e. The molecule has 2 atom stereocenters. The standard InChI is InChI=1S/C22H22N4O/c23-13-17-5-9-19(10-6-17)18-7-3-16(4-8-18)12-21(14-24)26-22(27)20-2-1-11-25-15-20/h3-10,20-21,25H,1-2,11-12,15H2,(H,26,27). The first-order valence-corrected chi connectivity index (χ1v) is 9.20. The number of nitrogens with one attached hydrogen (secondary N) is 2. The monoisotopic (exact) mass is 358 g/mol. The van der Waals surface area contributed by atoms with Crippen molar-refractivity contribution >= 4 is 5.91 Å². The van der Waals surface area contributed by atoms with Gasteiger partial charge in [0.1, 0.15) is 6.04 Å². The number of nitrogens with zero attached hydrogens (tertiary/aromatic N) is 2. The first-order chi connectivity index (χ1) is 13.2. The molecule has 1 heterocycles. The average molecular weight is 358 g/mol. The van der Waals surface area contributed by atoms with E-state index < -0.39 is 6.04 Å². The SMILES string of the molecule is N#Cc1ccc(-c2ccc(CC(C#N)NC(=O)C3CCCNC3)cc2)cc1. The van der Waals surface area contributed by atoms with Crippen molar-refractivity contribution in [2.24, 2.45) is 5.92 Å². The molecule has 2 aromatic rings. The maximum absolute atomic E-state index is 12.3. The van der Waals surface area contributed by atoms with Crippen LogP contribution in [0.5, 0.6) is 0 Å². The first kappa shape index (κ1) is 18.6. The highest BCUT2D eigenvalue weighted by Gasteiger charge is 2.23. The third-order valence-corrected chi connectivity index (χ3v) is 4.88. The van der Waals surface area contributed by atoms with E-state index in [1.165, 1.54) is 0 Å². The van der Waals surface area contributed by atoms with Gasteiger partial charge in [-0.25, -0.2) is 0 Å². The zero-order valence-electron chi connectivity index (χ0n) is 15.1. The van der Waals surface area contributed by atoms with Gasteiger partial charge in [0.25, 0.3) is 0 Å². The summed E-state index contributed by atoms with van der Waals surface area (Å²) in [4.78, 5) is 12.3. The molecule has 0 saturated carbocycles. The predicted octanol–water partition coefficient (Wildman–Crippen LogP) is 2.78. The second-order valence-corrected chi connectivity index (χ2v) is 6.82. The van der Waals surface area contributed by atoms with E-state index in [0.717, 1.165) is 36.1 Å². The van der Waals surface area contributed by atoms with E-state index in [0.29, 0.717) is 18.5 Å². The lowest BCUT2D eigenvalue weighted by Crippen LogP contribution is -2.44. The molecule has 5 nitrogen and oxygen atoms in total. The van der Waals surface area contributed by atoms with E-state index in [1.807, 2.05) is 36.4 Å². The Kier molecular flexibility index (Phi) is 6.20. The van der Waals surface area contributed by atoms with E-state index in [2.05, 4.69) is 22.8 Å². The molecule has 0 bridgehead atoms. The minimum atomic E-state index is -0.528. The zero-order chi connectivity index (χ0) is 19.1. The number of carbonyl (C=O) groups is 1. The Morgan fingerprint density at radius 3 is 2.33 bits per heavy atom. The summed E-state index contributed by atoms with van der Waals surface area (Å²) < 4.78 is 0. The molecule has 1 fully saturated rings. The van der Waals surface area contributed by atoms with Gasteiger partial charge < -0.3 is 10.6 Å². The van der Waals surface area contributed by atoms with Crippen LogP contribution in [-0.2, 0) is 11.2 Å². The van der Waals surface area contributed by atoms with Gasteiger partial charge in [-0.2, -0.15) is 10.5 Å². The Balaban J connectivity index is 1.61. The van der Waals surface area contributed by atoms with Crippen LogP contribution >= 0.6 is 0 Å². The van der Waals surface area contributed by atoms with Crippen LogP contribution in [0, 0.1) is 28.6 Å². The highest BCUT2D eigenvalue weighted by molar-refractivity contribution is 5.79. The number of hydrogen-bond donors (Lipinski definition) is 2. The fourth-order valence-electron chi connectivity index (χ4n) is 3.30. The molecule has 1 aliphatic rings. The largest absolute Gasteiger partial charge is 0.340 e. The smallest absolute Gasteiger partial charge is 0.225 e. The van der Waals surface area contributed by atoms with Crippen molar-refractivity contribution in [2.45, 2.75) is 25.3 Å². The van der Waals surface area contributed by atoms with E-state index in [1.54, 1.807) is 12.1 Å². The van der Waals surface area contributed by atoms with E-state index in [-0.39, 0.29) is 11.8 Å². The lowest BCUT2D eigenvalue weighted by Gasteiger charge is -2.23. The molecule has 0 aromatic heterocycles. The third-order valence-electron chi connectivity index (χ3n) is 4.88. The molecule has 5 heteroatoms. The molecule has 136 valence electrons. The van der Waals surface area contributed by atoms with Crippen molar-refractivity contribution in [1.29, 1.82) is 10.5 Å². The summed E-state index contributed by atoms with van der Waals surface area (Å²) in [5, 5.41) is 24.4. The maximum atomic E-state index is 12.3. The second kappa shape index (κ2) is 8.98. The molecule has 3 rings (SSSR count). The van der Waals surface area contributed by atoms with Crippen molar-refractivity contribution in [3.8, 4) is 23.3 Å². The average Bonchev–Trinajstić information content (AvgIpc) is 2.74. The number of carbonyl (C=O) groups excluding carboxylic acids is 1. The summed E-state index contributed by atoms with van der Waals surface area (Å²) in [6.07, 6.45) is 2.35. The van der Waals surface area contributed by atoms with Gasteiger partial charge in [-0.3, -0.25) is 4.79 Å². The van der Waals surface area contributed by atoms with Gasteiger partial charge in [-0.15, -0.1) is 0 Å². The van der Waals surface area contributed by atoms with Crippen LogP contribution in [0.4, 0.5) is 0 Å². The summed E-state index contributed by atoms with van der Waals surface area (Å²) in [6, 6.07) is 19.2. The molecular formula is C22H22N4O. The second-order valence-electron chi connectivity index (χ2n) is 6.82. The molecule has 2 N–H and O–H groups in total. The number of amides is 1. The van der Waals surface area contributed by atoms with Crippen molar-refractivity contribution in [3.63, 3.8) is 0 Å². The van der Waals surface area contributed by atoms with Crippen LogP contribution in [0.3, 0.4) is 0 Å². The van der Waals surface area contributed by atoms with Gasteiger partial charge in [0.15, 0.2) is 0 Å². The number of hydrogen-bond acceptors (Lipinski definition) is 4. The highest BCUT2D eigenvalue weighted by atomic mass is 16.2. The van der Waals surface area contributed by atoms with Crippen molar-refractivity contribution in [3.05, 3.63) is 59.7 Å². The van der Waals surface area contributed by atoms with Gasteiger partial charge in [0.2, 0.25) is 5.91 Å². The Morgan fingerprint density at radius 2 is 1.78 bits per heavy atom. The number of piperidine rings is 1. The molecule has 2 unspecified atom stereocenters. The van der Waals surface area contributed by atoms with Crippen molar-refractivity contribution in [1.82, 2.24) is 10.6 Å². The van der Waals surface area contributed by atoms with Gasteiger partial charge in [-0.1, -0.05) is 36.4 Å². The summed E-state index contributed by atoms with van der Waals surface area (Å²) in [5.41, 5.74) is 3.72. The van der Waals surface area contributed by atoms with Gasteiger partial charge >= 0.3 is 0 Å². The molecule has 0 radical (unpaired) electrons. The molecular weight excluding hydrogens is 336 g/mol. The molecule has 1 aliphatic heterocycles. The van der Waals surface area contributed by atoms with Crippen LogP contribution in [-0.4, -0.2) is 25.0 Å². The zero-order valence-corrected chi connectivity index (χ0v) is 15.1. The minimum absolute atomic E-state index is 0.0389. The predicted molar refractivity (Wildman–Crippen MR) is 103 cm³/mol. The summed E-state index contributed by atoms with van der Waals surface area (Å²) in [5.74, 6) is -0.0867. The normalized spacial score (nSPS) is 17.3. The Labute approximate surface area is 159 Å². The summed E-state index contributed by atoms with van der Waals surface area (Å²) in [7, 11) is 0. The number of benzene rings is 2. The van der Waals surface area contributed by atoms with E-state index in [4.69, 9.17) is 5.26 Å². The Bertz CT molecular complexity index is 853. The molecule has 0 aliphatic carbocycles. The molecule has 1 saturated heterocycles. The molecule has 1 amide bonds. The topological polar surface area (TPSA) is 88.7 Å². The van der Waals surface area contributed by atoms with Crippen LogP contribution in [0.25, 0.3) is 11.1 Å². The van der Waals surface area contributed by atoms with Crippen molar-refractivity contribution in [2.75, 3.05) is 13.1 Å². The Morgan fingerprint density at radius 1 is 1.11 bits per heavy atom. The number of rotatable bonds is 5. The van der Waals surface area contributed by atoms with E-state index in [9.17, 15) is 10.1 Å². The third kappa shape index (κ3) is 4.94. The summed E-state index contributed by atoms with van der Waals surface area (Å²) >= 11 is 0. The summed E-state index contributed by atoms with van der Waals surface area (Å²) in [6.45, 7) is 1.64. The van der Waals surface area contributed by atoms with Crippen molar-refractivity contribution < 1.29 is 4.79 Å². The van der Waals surface area contributed by atoms with E-state index >= 15 is 0 Å². The van der Waals surface area contributed by atoms with Crippen LogP contribution in [0.15, 0.2) is 48.5 Å². The minimum Gasteiger partial charge on any atom is -0.340 e. The fraction of sp³-hybridized carbons (Fsp3) is 0.318. The molecule has 27 heavy (non-hydrogen) atoms. The molecule has 2 aromatic carbocycles. The van der Waals surface area contributed by atoms with Gasteiger partial charge in [0.05, 0.1) is 23.6 Å². The van der Waals surface area contributed by atoms with Crippen LogP contribution < -0.4 is 10.6 Å². The van der Waals surface area contributed by atoms with Crippen LogP contribution in [0.1, 0.15) is 24.0 Å². The van der Waals surface area contributed by atoms with Gasteiger partial charge in [-0.05, 0) is 48.2 Å². The number of nitriles is 2. The fourth-order valence-corrected chi connectivity index (χ4v) is 3.30. The van der Waals surface area contributed by atoms with Gasteiger partial charge in [0, 0.05) is 13.0 Å². The lowest BCUT2D eigenvalue weighted by molar-refractivity contribution is -0.125. The highest BCUT2D eigenvalue weighted by Crippen LogP contribution is 2.21. The quantitative estimate of drug-likeness (QED) is 0.860. The van der Waals surface area contributed by atoms with Crippen LogP contribution in [0.2, 0.25) is 0 Å². The lowest BCUT2D eigenvalue weighted by atomic mass is 9.97. The molecule has 0 spiro atoms. The Hall–Kier alpha value is -3.15. The first-order valence-electron chi connectivity index (χ1n) is 9.20.